The van der Waals surface area contributed by atoms with Crippen LogP contribution in [0.5, 0.6) is 0 Å². The lowest BCUT2D eigenvalue weighted by Gasteiger charge is -2.19. The quantitative estimate of drug-likeness (QED) is 0.0826. The maximum atomic E-state index is 4.87. The highest BCUT2D eigenvalue weighted by Crippen LogP contribution is 2.23. The summed E-state index contributed by atoms with van der Waals surface area (Å²) in [7, 11) is 4.40. The second-order valence-corrected chi connectivity index (χ2v) is 14.1. The zero-order chi connectivity index (χ0) is 35.6. The minimum Gasteiger partial charge on any atom is -0.375 e. The minimum absolute atomic E-state index is 0.896. The number of hydrogen-bond donors (Lipinski definition) is 0. The van der Waals surface area contributed by atoms with Gasteiger partial charge in [-0.05, 0) is 97.5 Å². The molecule has 4 aromatic rings. The van der Waals surface area contributed by atoms with Gasteiger partial charge >= 0.3 is 0 Å². The van der Waals surface area contributed by atoms with Crippen LogP contribution in [0.1, 0.15) is 125 Å². The van der Waals surface area contributed by atoms with Gasteiger partial charge in [0.25, 0.3) is 0 Å². The van der Waals surface area contributed by atoms with E-state index in [1.807, 2.05) is 0 Å². The van der Waals surface area contributed by atoms with E-state index < -0.39 is 0 Å². The van der Waals surface area contributed by atoms with Gasteiger partial charge in [-0.1, -0.05) is 127 Å². The van der Waals surface area contributed by atoms with Gasteiger partial charge in [0.1, 0.15) is 0 Å². The van der Waals surface area contributed by atoms with Gasteiger partial charge in [-0.25, -0.2) is 0 Å². The third-order valence-corrected chi connectivity index (χ3v) is 9.51. The van der Waals surface area contributed by atoms with Crippen molar-refractivity contribution >= 4 is 35.7 Å². The van der Waals surface area contributed by atoms with Crippen LogP contribution in [-0.4, -0.2) is 37.2 Å². The molecule has 0 N–H and O–H groups in total. The van der Waals surface area contributed by atoms with Gasteiger partial charge in [0.2, 0.25) is 0 Å². The van der Waals surface area contributed by atoms with E-state index in [2.05, 4.69) is 149 Å². The normalized spacial score (nSPS) is 11.6. The molecule has 2 heterocycles. The summed E-state index contributed by atoms with van der Waals surface area (Å²) in [5.74, 6) is 0. The van der Waals surface area contributed by atoms with Crippen LogP contribution >= 0.6 is 0 Å². The van der Waals surface area contributed by atoms with Crippen molar-refractivity contribution in [2.24, 2.45) is 0 Å². The molecule has 0 spiro atoms. The molecule has 0 aliphatic heterocycles. The van der Waals surface area contributed by atoms with Gasteiger partial charge in [-0.3, -0.25) is 9.97 Å². The predicted octanol–water partition coefficient (Wildman–Crippen LogP) is 12.7. The first-order valence-corrected chi connectivity index (χ1v) is 19.3. The fourth-order valence-corrected chi connectivity index (χ4v) is 6.43. The number of anilines is 2. The lowest BCUT2D eigenvalue weighted by Crippen LogP contribution is -2.18. The fraction of sp³-hybridized carbons (Fsp3) is 0.435. The molecule has 4 nitrogen and oxygen atoms in total. The number of aryl methyl sites for hydroxylation is 2. The van der Waals surface area contributed by atoms with Gasteiger partial charge in [0.05, 0.1) is 11.4 Å². The summed E-state index contributed by atoms with van der Waals surface area (Å²) in [6, 6.07) is 26.3. The molecule has 50 heavy (non-hydrogen) atoms. The van der Waals surface area contributed by atoms with Crippen molar-refractivity contribution in [3.8, 4) is 11.4 Å². The average Bonchev–Trinajstić information content (AvgIpc) is 3.12. The van der Waals surface area contributed by atoms with Crippen molar-refractivity contribution in [1.82, 2.24) is 9.97 Å². The number of unbranched alkanes of at least 4 members (excludes halogenated alkanes) is 10. The highest BCUT2D eigenvalue weighted by Gasteiger charge is 2.07. The molecule has 0 atom stereocenters. The smallest absolute Gasteiger partial charge is 0.0895 e. The molecule has 2 aromatic carbocycles. The predicted molar refractivity (Wildman–Crippen MR) is 221 cm³/mol. The molecule has 0 saturated carbocycles. The van der Waals surface area contributed by atoms with Crippen LogP contribution < -0.4 is 9.80 Å². The van der Waals surface area contributed by atoms with Crippen LogP contribution in [-0.2, 0) is 0 Å². The van der Waals surface area contributed by atoms with Gasteiger partial charge in [-0.2, -0.15) is 0 Å². The fourth-order valence-electron chi connectivity index (χ4n) is 6.43. The van der Waals surface area contributed by atoms with Crippen molar-refractivity contribution < 1.29 is 0 Å². The van der Waals surface area contributed by atoms with Crippen LogP contribution in [0.4, 0.5) is 11.4 Å². The SMILES string of the molecule is CCCCCCCCN(C)c1ccc(/C=C/c2cc(C)nc(-c3cc(/C=C/c4ccc(N(C)CCCCCCCC)cc4)cc(C)n3)c2)cc1. The summed E-state index contributed by atoms with van der Waals surface area (Å²) in [4.78, 5) is 14.5. The number of nitrogens with zero attached hydrogens (tertiary/aromatic N) is 4. The molecule has 0 aliphatic rings. The van der Waals surface area contributed by atoms with Gasteiger partial charge < -0.3 is 9.80 Å². The Kier molecular flexibility index (Phi) is 16.3. The average molecular weight is 671 g/mol. The molecule has 2 aromatic heterocycles. The van der Waals surface area contributed by atoms with Crippen LogP contribution in [0, 0.1) is 13.8 Å². The second-order valence-electron chi connectivity index (χ2n) is 14.1. The Labute approximate surface area is 304 Å². The Balaban J connectivity index is 1.35. The molecule has 0 unspecified atom stereocenters. The van der Waals surface area contributed by atoms with Crippen LogP contribution in [0.3, 0.4) is 0 Å². The lowest BCUT2D eigenvalue weighted by atomic mass is 10.1. The van der Waals surface area contributed by atoms with Crippen LogP contribution in [0.15, 0.2) is 72.8 Å². The molecule has 4 heteroatoms. The Morgan fingerprint density at radius 3 is 1.16 bits per heavy atom. The second kappa shape index (κ2) is 21.1. The largest absolute Gasteiger partial charge is 0.375 e. The molecular weight excluding hydrogens is 609 g/mol. The number of aromatic nitrogens is 2. The highest BCUT2D eigenvalue weighted by atomic mass is 15.1. The number of pyridine rings is 2. The molecule has 0 saturated heterocycles. The zero-order valence-corrected chi connectivity index (χ0v) is 31.9. The number of rotatable bonds is 21. The first kappa shape index (κ1) is 38.6. The van der Waals surface area contributed by atoms with E-state index >= 15 is 0 Å². The van der Waals surface area contributed by atoms with Crippen molar-refractivity contribution in [3.63, 3.8) is 0 Å². The summed E-state index contributed by atoms with van der Waals surface area (Å²) < 4.78 is 0. The number of hydrogen-bond acceptors (Lipinski definition) is 4. The molecule has 0 amide bonds. The van der Waals surface area contributed by atoms with Crippen LogP contribution in [0.25, 0.3) is 35.7 Å². The van der Waals surface area contributed by atoms with E-state index in [9.17, 15) is 0 Å². The topological polar surface area (TPSA) is 32.3 Å². The van der Waals surface area contributed by atoms with Gasteiger partial charge in [0, 0.05) is 49.9 Å². The van der Waals surface area contributed by atoms with Crippen molar-refractivity contribution in [2.45, 2.75) is 105 Å². The summed E-state index contributed by atoms with van der Waals surface area (Å²) in [6.07, 6.45) is 24.7. The Hall–Kier alpha value is -4.18. The summed E-state index contributed by atoms with van der Waals surface area (Å²) in [5.41, 5.74) is 10.9. The van der Waals surface area contributed by atoms with E-state index in [-0.39, 0.29) is 0 Å². The minimum atomic E-state index is 0.896. The number of benzene rings is 2. The van der Waals surface area contributed by atoms with Gasteiger partial charge in [0.15, 0.2) is 0 Å². The maximum Gasteiger partial charge on any atom is 0.0895 e. The Bertz CT molecular complexity index is 1490. The molecule has 4 rings (SSSR count). The van der Waals surface area contributed by atoms with E-state index in [0.717, 1.165) is 47.0 Å². The molecule has 0 radical (unpaired) electrons. The van der Waals surface area contributed by atoms with E-state index in [0.29, 0.717) is 0 Å². The van der Waals surface area contributed by atoms with Crippen LogP contribution in [0.2, 0.25) is 0 Å². The third-order valence-electron chi connectivity index (χ3n) is 9.51. The Morgan fingerprint density at radius 2 is 0.780 bits per heavy atom. The summed E-state index contributed by atoms with van der Waals surface area (Å²) >= 11 is 0. The highest BCUT2D eigenvalue weighted by molar-refractivity contribution is 5.75. The monoisotopic (exact) mass is 670 g/mol. The molecular formula is C46H62N4. The Morgan fingerprint density at radius 1 is 0.440 bits per heavy atom. The van der Waals surface area contributed by atoms with Crippen molar-refractivity contribution in [3.05, 3.63) is 106 Å². The molecule has 0 aliphatic carbocycles. The van der Waals surface area contributed by atoms with E-state index in [4.69, 9.17) is 9.97 Å². The van der Waals surface area contributed by atoms with Gasteiger partial charge in [-0.15, -0.1) is 0 Å². The zero-order valence-electron chi connectivity index (χ0n) is 31.9. The van der Waals surface area contributed by atoms with Crippen molar-refractivity contribution in [2.75, 3.05) is 37.0 Å². The molecule has 266 valence electrons. The third kappa shape index (κ3) is 13.3. The van der Waals surface area contributed by atoms with Crippen molar-refractivity contribution in [1.29, 1.82) is 0 Å². The first-order valence-electron chi connectivity index (χ1n) is 19.3. The van der Waals surface area contributed by atoms with E-state index in [1.54, 1.807) is 0 Å². The lowest BCUT2D eigenvalue weighted by molar-refractivity contribution is 0.606. The summed E-state index contributed by atoms with van der Waals surface area (Å²) in [6.45, 7) is 10.9. The standard InChI is InChI=1S/C46H62N4/c1-7-9-11-13-15-17-31-49(5)43-27-23-39(24-28-43)19-21-41-33-37(3)47-45(35-41)46-36-42(34-38(4)48-46)22-20-40-25-29-44(30-26-40)50(6)32-18-16-14-12-10-8-2/h19-30,33-36H,7-18,31-32H2,1-6H3/b21-19+,22-20+. The molecule has 0 bridgehead atoms. The summed E-state index contributed by atoms with van der Waals surface area (Å²) in [5, 5.41) is 0. The molecule has 0 fully saturated rings. The first-order chi connectivity index (χ1) is 24.3. The maximum absolute atomic E-state index is 4.87. The van der Waals surface area contributed by atoms with E-state index in [1.165, 1.54) is 99.6 Å².